The van der Waals surface area contributed by atoms with Crippen molar-refractivity contribution in [1.82, 2.24) is 19.5 Å². The molecule has 21 heavy (non-hydrogen) atoms. The van der Waals surface area contributed by atoms with E-state index in [0.29, 0.717) is 5.52 Å². The fourth-order valence-corrected chi connectivity index (χ4v) is 2.46. The van der Waals surface area contributed by atoms with Gasteiger partial charge in [-0.2, -0.15) is 9.97 Å². The number of rotatable bonds is 2. The Kier molecular flexibility index (Phi) is 3.17. The molecule has 0 unspecified atom stereocenters. The van der Waals surface area contributed by atoms with Gasteiger partial charge in [0.05, 0.1) is 12.4 Å². The van der Waals surface area contributed by atoms with Crippen molar-refractivity contribution in [3.05, 3.63) is 6.33 Å². The highest BCUT2D eigenvalue weighted by molar-refractivity contribution is 5.82. The molecule has 3 heterocycles. The Hall–Kier alpha value is -2.01. The third kappa shape index (κ3) is 2.08. The Bertz CT molecular complexity index is 674. The van der Waals surface area contributed by atoms with Crippen LogP contribution in [0.3, 0.4) is 0 Å². The summed E-state index contributed by atoms with van der Waals surface area (Å²) < 4.78 is 6.91. The average molecular weight is 296 g/mol. The molecule has 10 nitrogen and oxygen atoms in total. The van der Waals surface area contributed by atoms with Crippen LogP contribution in [0.15, 0.2) is 6.33 Å². The number of aliphatic hydroxyl groups excluding tert-OH is 3. The van der Waals surface area contributed by atoms with Crippen LogP contribution in [-0.4, -0.2) is 59.3 Å². The van der Waals surface area contributed by atoms with Gasteiger partial charge in [-0.1, -0.05) is 0 Å². The van der Waals surface area contributed by atoms with E-state index in [0.717, 1.165) is 0 Å². The number of hydrogen-bond donors (Lipinski definition) is 5. The first-order valence-electron chi connectivity index (χ1n) is 6.35. The number of aliphatic hydroxyl groups is 3. The number of ether oxygens (including phenoxy) is 1. The molecule has 0 radical (unpaired) electrons. The van der Waals surface area contributed by atoms with Gasteiger partial charge < -0.3 is 31.5 Å². The molecule has 0 spiro atoms. The van der Waals surface area contributed by atoms with Gasteiger partial charge >= 0.3 is 0 Å². The lowest BCUT2D eigenvalue weighted by Gasteiger charge is -2.17. The molecule has 1 fully saturated rings. The van der Waals surface area contributed by atoms with E-state index >= 15 is 0 Å². The lowest BCUT2D eigenvalue weighted by molar-refractivity contribution is -0.0777. The maximum atomic E-state index is 10.1. The van der Waals surface area contributed by atoms with Crippen LogP contribution in [0.1, 0.15) is 13.2 Å². The third-order valence-corrected chi connectivity index (χ3v) is 3.49. The van der Waals surface area contributed by atoms with Crippen molar-refractivity contribution in [2.45, 2.75) is 37.6 Å². The number of aromatic nitrogens is 4. The van der Waals surface area contributed by atoms with Crippen LogP contribution in [0.5, 0.6) is 0 Å². The molecule has 0 amide bonds. The Morgan fingerprint density at radius 3 is 2.62 bits per heavy atom. The van der Waals surface area contributed by atoms with Crippen molar-refractivity contribution >= 4 is 22.9 Å². The van der Waals surface area contributed by atoms with Crippen molar-refractivity contribution in [1.29, 1.82) is 0 Å². The minimum absolute atomic E-state index is 0.0399. The summed E-state index contributed by atoms with van der Waals surface area (Å²) in [7, 11) is 0. The second kappa shape index (κ2) is 4.77. The molecule has 0 aromatic carbocycles. The number of hydrogen-bond acceptors (Lipinski definition) is 9. The summed E-state index contributed by atoms with van der Waals surface area (Å²) in [6, 6.07) is 0. The zero-order chi connectivity index (χ0) is 15.3. The topological polar surface area (TPSA) is 166 Å². The van der Waals surface area contributed by atoms with E-state index in [-0.39, 0.29) is 17.4 Å². The molecule has 0 saturated carbocycles. The second-order valence-electron chi connectivity index (χ2n) is 5.00. The molecule has 3 rings (SSSR count). The Morgan fingerprint density at radius 2 is 2.00 bits per heavy atom. The first-order valence-corrected chi connectivity index (χ1v) is 6.35. The standard InChI is InChI=1S/C11H16N6O4/c1-3(18)7-5(19)6(20)10(21-7)17-2-14-4-8(12)15-11(13)16-9(4)17/h2-3,5-7,10,18-20H,1H3,(H4,12,13,15,16)/t3-,5+,6-,7-,10-/m1/s1. The van der Waals surface area contributed by atoms with Crippen LogP contribution in [-0.2, 0) is 4.74 Å². The fraction of sp³-hybridized carbons (Fsp3) is 0.545. The van der Waals surface area contributed by atoms with Crippen LogP contribution in [0, 0.1) is 0 Å². The first-order chi connectivity index (χ1) is 9.90. The lowest BCUT2D eigenvalue weighted by atomic mass is 10.1. The fourth-order valence-electron chi connectivity index (χ4n) is 2.46. The van der Waals surface area contributed by atoms with Gasteiger partial charge in [0.2, 0.25) is 5.95 Å². The monoisotopic (exact) mass is 296 g/mol. The number of nitrogen functional groups attached to an aromatic ring is 2. The lowest BCUT2D eigenvalue weighted by Crippen LogP contribution is -2.37. The number of nitrogens with zero attached hydrogens (tertiary/aromatic N) is 4. The SMILES string of the molecule is C[C@@H](O)[C@H]1O[C@@H](n2cnc3c(N)nc(N)nc32)[C@H](O)[C@@H]1O. The van der Waals surface area contributed by atoms with E-state index in [1.54, 1.807) is 0 Å². The quantitative estimate of drug-likeness (QED) is 0.421. The van der Waals surface area contributed by atoms with E-state index in [1.807, 2.05) is 0 Å². The normalized spacial score (nSPS) is 30.9. The van der Waals surface area contributed by atoms with Gasteiger partial charge in [-0.3, -0.25) is 4.57 Å². The van der Waals surface area contributed by atoms with Crippen LogP contribution in [0.2, 0.25) is 0 Å². The molecule has 0 bridgehead atoms. The highest BCUT2D eigenvalue weighted by Gasteiger charge is 2.46. The van der Waals surface area contributed by atoms with Gasteiger partial charge in [0.25, 0.3) is 0 Å². The summed E-state index contributed by atoms with van der Waals surface area (Å²) in [6.07, 6.45) is -3.94. The maximum Gasteiger partial charge on any atom is 0.224 e. The summed E-state index contributed by atoms with van der Waals surface area (Å²) in [6.45, 7) is 1.47. The number of nitrogens with two attached hydrogens (primary N) is 2. The second-order valence-corrected chi connectivity index (χ2v) is 5.00. The Balaban J connectivity index is 2.05. The zero-order valence-electron chi connectivity index (χ0n) is 11.2. The maximum absolute atomic E-state index is 10.1. The predicted octanol–water partition coefficient (Wildman–Crippen LogP) is -2.01. The van der Waals surface area contributed by atoms with Crippen molar-refractivity contribution in [2.24, 2.45) is 0 Å². The summed E-state index contributed by atoms with van der Waals surface area (Å²) in [5.74, 6) is 0.0678. The number of fused-ring (bicyclic) bond motifs is 1. The molecule has 1 saturated heterocycles. The minimum Gasteiger partial charge on any atom is -0.391 e. The molecule has 1 aliphatic rings. The molecule has 10 heteroatoms. The van der Waals surface area contributed by atoms with E-state index in [2.05, 4.69) is 15.0 Å². The van der Waals surface area contributed by atoms with Gasteiger partial charge in [-0.15, -0.1) is 0 Å². The van der Waals surface area contributed by atoms with Crippen molar-refractivity contribution in [2.75, 3.05) is 11.5 Å². The molecule has 2 aromatic heterocycles. The van der Waals surface area contributed by atoms with Crippen molar-refractivity contribution in [3.63, 3.8) is 0 Å². The van der Waals surface area contributed by atoms with Gasteiger partial charge in [-0.05, 0) is 6.92 Å². The highest BCUT2D eigenvalue weighted by atomic mass is 16.6. The Morgan fingerprint density at radius 1 is 1.29 bits per heavy atom. The molecule has 2 aromatic rings. The van der Waals surface area contributed by atoms with Crippen LogP contribution < -0.4 is 11.5 Å². The van der Waals surface area contributed by atoms with Crippen LogP contribution >= 0.6 is 0 Å². The minimum atomic E-state index is -1.25. The number of anilines is 2. The van der Waals surface area contributed by atoms with Gasteiger partial charge in [-0.25, -0.2) is 4.98 Å². The summed E-state index contributed by atoms with van der Waals surface area (Å²) in [5.41, 5.74) is 11.9. The first kappa shape index (κ1) is 13.9. The summed E-state index contributed by atoms with van der Waals surface area (Å²) in [4.78, 5) is 11.9. The predicted molar refractivity (Wildman–Crippen MR) is 71.8 cm³/mol. The third-order valence-electron chi connectivity index (χ3n) is 3.49. The van der Waals surface area contributed by atoms with Crippen LogP contribution in [0.4, 0.5) is 11.8 Å². The zero-order valence-corrected chi connectivity index (χ0v) is 11.2. The molecule has 5 atom stereocenters. The molecule has 1 aliphatic heterocycles. The molecular weight excluding hydrogens is 280 g/mol. The van der Waals surface area contributed by atoms with Gasteiger partial charge in [0.1, 0.15) is 23.8 Å². The van der Waals surface area contributed by atoms with Crippen molar-refractivity contribution < 1.29 is 20.1 Å². The Labute approximate surface area is 119 Å². The molecule has 0 aliphatic carbocycles. The molecular formula is C11H16N6O4. The van der Waals surface area contributed by atoms with E-state index in [1.165, 1.54) is 17.8 Å². The van der Waals surface area contributed by atoms with E-state index in [4.69, 9.17) is 16.2 Å². The van der Waals surface area contributed by atoms with Crippen molar-refractivity contribution in [3.8, 4) is 0 Å². The largest absolute Gasteiger partial charge is 0.391 e. The van der Waals surface area contributed by atoms with Crippen LogP contribution in [0.25, 0.3) is 11.2 Å². The highest BCUT2D eigenvalue weighted by Crippen LogP contribution is 2.33. The molecule has 7 N–H and O–H groups in total. The molecule has 114 valence electrons. The smallest absolute Gasteiger partial charge is 0.224 e. The van der Waals surface area contributed by atoms with E-state index in [9.17, 15) is 15.3 Å². The average Bonchev–Trinajstić information content (AvgIpc) is 2.93. The van der Waals surface area contributed by atoms with Gasteiger partial charge in [0.15, 0.2) is 17.7 Å². The van der Waals surface area contributed by atoms with E-state index < -0.39 is 30.6 Å². The summed E-state index contributed by atoms with van der Waals surface area (Å²) >= 11 is 0. The van der Waals surface area contributed by atoms with Gasteiger partial charge in [0, 0.05) is 0 Å². The summed E-state index contributed by atoms with van der Waals surface area (Å²) in [5, 5.41) is 29.6. The number of imidazole rings is 1.